The van der Waals surface area contributed by atoms with Gasteiger partial charge in [-0.05, 0) is 47.4 Å². The van der Waals surface area contributed by atoms with Gasteiger partial charge in [0, 0.05) is 43.6 Å². The number of nitrogens with two attached hydrogens (primary N) is 1. The zero-order valence-corrected chi connectivity index (χ0v) is 19.3. The number of benzene rings is 1. The minimum Gasteiger partial charge on any atom is -0.493 e. The lowest BCUT2D eigenvalue weighted by Crippen LogP contribution is -2.51. The molecule has 2 N–H and O–H groups in total. The van der Waals surface area contributed by atoms with Gasteiger partial charge in [-0.3, -0.25) is 9.69 Å². The fourth-order valence-corrected chi connectivity index (χ4v) is 3.38. The molecule has 0 aliphatic carbocycles. The molecule has 1 aromatic rings. The molecule has 2 aliphatic heterocycles. The largest absolute Gasteiger partial charge is 0.493 e. The van der Waals surface area contributed by atoms with E-state index in [1.54, 1.807) is 34.6 Å². The molecule has 0 bridgehead atoms. The van der Waals surface area contributed by atoms with Gasteiger partial charge in [0.2, 0.25) is 0 Å². The van der Waals surface area contributed by atoms with E-state index in [4.69, 9.17) is 25.4 Å². The summed E-state index contributed by atoms with van der Waals surface area (Å²) in [7, 11) is 2.53. The van der Waals surface area contributed by atoms with E-state index in [1.807, 2.05) is 0 Å². The molecule has 0 amide bonds. The normalized spacial score (nSPS) is 40.9. The van der Waals surface area contributed by atoms with Gasteiger partial charge in [-0.25, -0.2) is 0 Å². The molecule has 2 aliphatic rings. The van der Waals surface area contributed by atoms with Crippen molar-refractivity contribution >= 4 is 5.97 Å². The number of fused-ring (bicyclic) bond motifs is 3. The van der Waals surface area contributed by atoms with Crippen LogP contribution < -0.4 is 15.2 Å². The van der Waals surface area contributed by atoms with Crippen molar-refractivity contribution in [1.29, 1.82) is 0 Å². The Morgan fingerprint density at radius 3 is 2.52 bits per heavy atom. The Morgan fingerprint density at radius 2 is 1.94 bits per heavy atom. The average molecular weight is 443 g/mol. The summed E-state index contributed by atoms with van der Waals surface area (Å²) in [5.74, 6) is -4.35. The molecule has 4 atom stereocenters. The summed E-state index contributed by atoms with van der Waals surface area (Å²) < 4.78 is 108. The Morgan fingerprint density at radius 1 is 1.29 bits per heavy atom. The molecule has 0 spiro atoms. The number of ether oxygens (including phenoxy) is 3. The highest BCUT2D eigenvalue weighted by Gasteiger charge is 2.42. The summed E-state index contributed by atoms with van der Waals surface area (Å²) in [5, 5.41) is 0. The van der Waals surface area contributed by atoms with Crippen molar-refractivity contribution in [2.45, 2.75) is 71.9 Å². The van der Waals surface area contributed by atoms with Crippen molar-refractivity contribution in [2.75, 3.05) is 27.2 Å². The van der Waals surface area contributed by atoms with E-state index in [-0.39, 0.29) is 16.4 Å². The average Bonchev–Trinajstić information content (AvgIpc) is 2.82. The van der Waals surface area contributed by atoms with Crippen molar-refractivity contribution in [3.63, 3.8) is 0 Å². The van der Waals surface area contributed by atoms with Gasteiger partial charge in [0.05, 0.1) is 15.6 Å². The molecule has 2 heterocycles. The van der Waals surface area contributed by atoms with E-state index in [2.05, 4.69) is 0 Å². The van der Waals surface area contributed by atoms with Gasteiger partial charge in [0.15, 0.2) is 11.5 Å². The van der Waals surface area contributed by atoms with Crippen LogP contribution in [0.25, 0.3) is 0 Å². The third kappa shape index (κ3) is 5.35. The van der Waals surface area contributed by atoms with Crippen LogP contribution in [0.15, 0.2) is 12.1 Å². The topological polar surface area (TPSA) is 74.0 Å². The molecule has 1 fully saturated rings. The number of methoxy groups -OCH3 is 2. The second kappa shape index (κ2) is 9.37. The summed E-state index contributed by atoms with van der Waals surface area (Å²) in [6, 6.07) is -2.12. The first kappa shape index (κ1) is 13.7. The molecule has 1 saturated heterocycles. The number of carbonyl (C=O) groups is 1. The van der Waals surface area contributed by atoms with Gasteiger partial charge >= 0.3 is 5.97 Å². The standard InChI is InChI=1S/C25H40N2O4/c1-15(2)23(26)24(28)31-20-12-19-18-11-22(30-7)21(29-6)10-16(18)8-9-27(19)14-17(20)13-25(3,4)5/h10-11,15,17,19-20,23H,8-9,12-14,26H2,1-7H3/t17?,19?,20?,23-/m0/s1/i8D2,9D2,12D2,14D2,17D,19D. The van der Waals surface area contributed by atoms with Crippen molar-refractivity contribution < 1.29 is 32.7 Å². The van der Waals surface area contributed by atoms with Crippen LogP contribution in [-0.4, -0.2) is 50.2 Å². The molecule has 6 heteroatoms. The number of nitrogens with zero attached hydrogens (tertiary/aromatic N) is 1. The molecule has 31 heavy (non-hydrogen) atoms. The Balaban J connectivity index is 2.52. The zero-order valence-electron chi connectivity index (χ0n) is 29.3. The second-order valence-corrected chi connectivity index (χ2v) is 9.28. The van der Waals surface area contributed by atoms with Crippen LogP contribution in [0, 0.1) is 17.2 Å². The molecule has 3 rings (SSSR count). The Hall–Kier alpha value is -1.79. The highest BCUT2D eigenvalue weighted by atomic mass is 16.5. The maximum Gasteiger partial charge on any atom is 0.323 e. The van der Waals surface area contributed by atoms with Crippen LogP contribution in [0.5, 0.6) is 11.5 Å². The lowest BCUT2D eigenvalue weighted by atomic mass is 9.75. The van der Waals surface area contributed by atoms with Gasteiger partial charge in [-0.2, -0.15) is 0 Å². The minimum absolute atomic E-state index is 0.0178. The van der Waals surface area contributed by atoms with E-state index in [9.17, 15) is 13.0 Å². The summed E-state index contributed by atoms with van der Waals surface area (Å²) in [4.78, 5) is 13.3. The van der Waals surface area contributed by atoms with Gasteiger partial charge < -0.3 is 19.9 Å². The quantitative estimate of drug-likeness (QED) is 0.673. The number of hydrogen-bond donors (Lipinski definition) is 1. The molecular formula is C25H40N2O4. The zero-order chi connectivity index (χ0) is 31.9. The Kier molecular flexibility index (Phi) is 4.14. The number of piperidine rings is 1. The first-order chi connectivity index (χ1) is 18.3. The van der Waals surface area contributed by atoms with Crippen molar-refractivity contribution in [3.05, 3.63) is 23.3 Å². The van der Waals surface area contributed by atoms with Crippen LogP contribution in [0.3, 0.4) is 0 Å². The number of esters is 1. The van der Waals surface area contributed by atoms with Crippen LogP contribution >= 0.6 is 0 Å². The summed E-state index contributed by atoms with van der Waals surface area (Å²) in [6.07, 6.45) is -8.94. The predicted octanol–water partition coefficient (Wildman–Crippen LogP) is 3.95. The van der Waals surface area contributed by atoms with Crippen molar-refractivity contribution in [2.24, 2.45) is 23.0 Å². The van der Waals surface area contributed by atoms with Crippen LogP contribution in [-0.2, 0) is 15.9 Å². The summed E-state index contributed by atoms with van der Waals surface area (Å²) in [5.41, 5.74) is 4.18. The van der Waals surface area contributed by atoms with E-state index >= 15 is 0 Å². The number of rotatable bonds is 6. The van der Waals surface area contributed by atoms with Crippen molar-refractivity contribution in [1.82, 2.24) is 4.90 Å². The molecule has 0 radical (unpaired) electrons. The van der Waals surface area contributed by atoms with Gasteiger partial charge in [0.1, 0.15) is 12.1 Å². The number of aryl methyl sites for hydroxylation is 1. The highest BCUT2D eigenvalue weighted by molar-refractivity contribution is 5.76. The number of hydrogen-bond acceptors (Lipinski definition) is 6. The Labute approximate surface area is 201 Å². The first-order valence-corrected chi connectivity index (χ1v) is 10.3. The third-order valence-corrected chi connectivity index (χ3v) is 5.09. The molecular weight excluding hydrogens is 392 g/mol. The first-order valence-electron chi connectivity index (χ1n) is 15.3. The lowest BCUT2D eigenvalue weighted by molar-refractivity contribution is -0.160. The van der Waals surface area contributed by atoms with Crippen LogP contribution in [0.1, 0.15) is 78.3 Å². The second-order valence-electron chi connectivity index (χ2n) is 9.28. The fraction of sp³-hybridized carbons (Fsp3) is 0.720. The SMILES string of the molecule is [2H]C1([2H])c2cc(OC)c(OC)cc2C2([2H])N(C1([2H])[2H])C([2H])([2H])C([2H])(CC(C)(C)C)C(OC(=O)[C@@H](N)C(C)C)C2([2H])[2H]. The molecule has 0 aromatic heterocycles. The van der Waals surface area contributed by atoms with Gasteiger partial charge in [-0.1, -0.05) is 34.6 Å². The Bertz CT molecular complexity index is 1210. The number of carbonyl (C=O) groups excluding carboxylic acids is 1. The predicted molar refractivity (Wildman–Crippen MR) is 122 cm³/mol. The van der Waals surface area contributed by atoms with Crippen molar-refractivity contribution in [3.8, 4) is 11.5 Å². The van der Waals surface area contributed by atoms with Gasteiger partial charge in [-0.15, -0.1) is 0 Å². The maximum atomic E-state index is 13.2. The molecule has 1 aromatic carbocycles. The monoisotopic (exact) mass is 442 g/mol. The fourth-order valence-electron chi connectivity index (χ4n) is 3.38. The highest BCUT2D eigenvalue weighted by Crippen LogP contribution is 2.45. The van der Waals surface area contributed by atoms with E-state index in [1.165, 1.54) is 14.2 Å². The third-order valence-electron chi connectivity index (χ3n) is 5.09. The van der Waals surface area contributed by atoms with Crippen LogP contribution in [0.4, 0.5) is 0 Å². The van der Waals surface area contributed by atoms with Gasteiger partial charge in [0.25, 0.3) is 0 Å². The molecule has 0 saturated carbocycles. The van der Waals surface area contributed by atoms with E-state index in [0.29, 0.717) is 0 Å². The summed E-state index contributed by atoms with van der Waals surface area (Å²) >= 11 is 0. The minimum atomic E-state index is -3.38. The molecule has 6 nitrogen and oxygen atoms in total. The molecule has 174 valence electrons. The van der Waals surface area contributed by atoms with E-state index in [0.717, 1.165) is 12.1 Å². The summed E-state index contributed by atoms with van der Waals surface area (Å²) in [6.45, 7) is 1.58. The van der Waals surface area contributed by atoms with Crippen LogP contribution in [0.2, 0.25) is 0 Å². The molecule has 3 unspecified atom stereocenters. The maximum absolute atomic E-state index is 13.2. The lowest BCUT2D eigenvalue weighted by Gasteiger charge is -2.48. The smallest absolute Gasteiger partial charge is 0.323 e. The van der Waals surface area contributed by atoms with E-state index < -0.39 is 84.6 Å².